The molecule has 0 bridgehead atoms. The molecule has 0 saturated heterocycles. The molecule has 1 aliphatic rings. The van der Waals surface area contributed by atoms with Gasteiger partial charge in [-0.1, -0.05) is 0 Å². The van der Waals surface area contributed by atoms with E-state index in [4.69, 9.17) is 0 Å². The maximum atomic E-state index is 12.0. The monoisotopic (exact) mass is 294 g/mol. The minimum atomic E-state index is -1.18. The van der Waals surface area contributed by atoms with Crippen LogP contribution in [0.5, 0.6) is 17.2 Å². The normalized spacial score (nSPS) is 13.5. The van der Waals surface area contributed by atoms with Gasteiger partial charge in [0.1, 0.15) is 11.3 Å². The number of rotatable bonds is 2. The zero-order valence-electron chi connectivity index (χ0n) is 11.0. The van der Waals surface area contributed by atoms with Crippen LogP contribution in [0.2, 0.25) is 0 Å². The van der Waals surface area contributed by atoms with Gasteiger partial charge in [0, 0.05) is 6.08 Å². The van der Waals surface area contributed by atoms with E-state index in [2.05, 4.69) is 9.47 Å². The van der Waals surface area contributed by atoms with Crippen LogP contribution in [0.4, 0.5) is 0 Å². The molecule has 0 saturated carbocycles. The molecule has 1 aromatic rings. The molecule has 110 valence electrons. The van der Waals surface area contributed by atoms with Crippen molar-refractivity contribution >= 4 is 17.5 Å². The standard InChI is InChI=1S/C13H10O8/c1-20-5-3-4(14)6-7(9(5)15)11(17)12(18)8(10(6)16)13(19)21-2/h3,16-18H,1-2H3. The molecule has 0 fully saturated rings. The van der Waals surface area contributed by atoms with Crippen molar-refractivity contribution in [2.45, 2.75) is 0 Å². The zero-order valence-corrected chi connectivity index (χ0v) is 11.0. The molecule has 0 aliphatic heterocycles. The Morgan fingerprint density at radius 2 is 1.62 bits per heavy atom. The molecule has 0 amide bonds. The van der Waals surface area contributed by atoms with E-state index in [0.29, 0.717) is 0 Å². The quantitative estimate of drug-likeness (QED) is 0.408. The smallest absolute Gasteiger partial charge is 0.345 e. The van der Waals surface area contributed by atoms with E-state index in [1.807, 2.05) is 0 Å². The summed E-state index contributed by atoms with van der Waals surface area (Å²) in [5.41, 5.74) is -2.04. The Morgan fingerprint density at radius 3 is 2.14 bits per heavy atom. The molecule has 8 heteroatoms. The molecular weight excluding hydrogens is 284 g/mol. The zero-order chi connectivity index (χ0) is 15.9. The Kier molecular flexibility index (Phi) is 3.30. The lowest BCUT2D eigenvalue weighted by Crippen LogP contribution is -2.20. The summed E-state index contributed by atoms with van der Waals surface area (Å²) in [5.74, 6) is -6.33. The number of hydrogen-bond donors (Lipinski definition) is 3. The number of Topliss-reactive ketones (excluding diaryl/α,β-unsaturated/α-hetero) is 1. The second-order valence-corrected chi connectivity index (χ2v) is 4.07. The minimum absolute atomic E-state index is 0.368. The number of carbonyl (C=O) groups is 3. The Morgan fingerprint density at radius 1 is 1.00 bits per heavy atom. The summed E-state index contributed by atoms with van der Waals surface area (Å²) >= 11 is 0. The van der Waals surface area contributed by atoms with Gasteiger partial charge in [0.05, 0.1) is 25.3 Å². The summed E-state index contributed by atoms with van der Waals surface area (Å²) in [6.07, 6.45) is 0.807. The fraction of sp³-hybridized carbons (Fsp3) is 0.154. The molecule has 0 heterocycles. The van der Waals surface area contributed by atoms with Gasteiger partial charge in [-0.15, -0.1) is 0 Å². The van der Waals surface area contributed by atoms with Crippen LogP contribution >= 0.6 is 0 Å². The highest BCUT2D eigenvalue weighted by molar-refractivity contribution is 6.27. The van der Waals surface area contributed by atoms with Crippen LogP contribution in [-0.4, -0.2) is 47.1 Å². The van der Waals surface area contributed by atoms with Crippen molar-refractivity contribution in [3.63, 3.8) is 0 Å². The number of benzene rings is 1. The van der Waals surface area contributed by atoms with Crippen molar-refractivity contribution in [1.29, 1.82) is 0 Å². The molecule has 1 aliphatic carbocycles. The number of methoxy groups -OCH3 is 2. The van der Waals surface area contributed by atoms with Gasteiger partial charge in [-0.3, -0.25) is 9.59 Å². The molecule has 0 radical (unpaired) electrons. The van der Waals surface area contributed by atoms with Crippen molar-refractivity contribution in [3.8, 4) is 17.2 Å². The first-order valence-electron chi connectivity index (χ1n) is 5.59. The average molecular weight is 294 g/mol. The number of ketones is 2. The van der Waals surface area contributed by atoms with Gasteiger partial charge < -0.3 is 24.8 Å². The summed E-state index contributed by atoms with van der Waals surface area (Å²) < 4.78 is 9.03. The van der Waals surface area contributed by atoms with Gasteiger partial charge in [0.15, 0.2) is 23.0 Å². The number of esters is 1. The molecule has 2 rings (SSSR count). The van der Waals surface area contributed by atoms with Crippen molar-refractivity contribution in [3.05, 3.63) is 28.5 Å². The molecular formula is C13H10O8. The van der Waals surface area contributed by atoms with E-state index in [0.717, 1.165) is 20.3 Å². The Hall–Kier alpha value is -3.03. The second kappa shape index (κ2) is 4.82. The SMILES string of the molecule is COC(=O)c1c(O)c(O)c2c(c1O)C(=O)C=C(OC)C2=O. The molecule has 8 nitrogen and oxygen atoms in total. The van der Waals surface area contributed by atoms with E-state index in [1.54, 1.807) is 0 Å². The fourth-order valence-corrected chi connectivity index (χ4v) is 2.00. The number of fused-ring (bicyclic) bond motifs is 1. The first kappa shape index (κ1) is 14.4. The van der Waals surface area contributed by atoms with Gasteiger partial charge in [0.2, 0.25) is 5.78 Å². The summed E-state index contributed by atoms with van der Waals surface area (Å²) in [7, 11) is 2.12. The van der Waals surface area contributed by atoms with E-state index in [9.17, 15) is 29.7 Å². The van der Waals surface area contributed by atoms with Crippen molar-refractivity contribution in [1.82, 2.24) is 0 Å². The first-order chi connectivity index (χ1) is 9.84. The lowest BCUT2D eigenvalue weighted by atomic mass is 9.89. The van der Waals surface area contributed by atoms with E-state index >= 15 is 0 Å². The fourth-order valence-electron chi connectivity index (χ4n) is 2.00. The largest absolute Gasteiger partial charge is 0.506 e. The van der Waals surface area contributed by atoms with Crippen LogP contribution in [0.1, 0.15) is 31.1 Å². The Balaban J connectivity index is 2.87. The number of phenols is 3. The molecule has 0 spiro atoms. The highest BCUT2D eigenvalue weighted by atomic mass is 16.5. The van der Waals surface area contributed by atoms with E-state index in [1.165, 1.54) is 0 Å². The van der Waals surface area contributed by atoms with Gasteiger partial charge in [-0.2, -0.15) is 0 Å². The third-order valence-corrected chi connectivity index (χ3v) is 2.99. The predicted octanol–water partition coefficient (Wildman–Crippen LogP) is 0.499. The number of carbonyl (C=O) groups excluding carboxylic acids is 3. The van der Waals surface area contributed by atoms with Gasteiger partial charge >= 0.3 is 5.97 Å². The molecule has 0 atom stereocenters. The maximum absolute atomic E-state index is 12.0. The summed E-state index contributed by atoms with van der Waals surface area (Å²) in [5, 5.41) is 29.6. The lowest BCUT2D eigenvalue weighted by molar-refractivity contribution is 0.0592. The lowest BCUT2D eigenvalue weighted by Gasteiger charge is -2.19. The van der Waals surface area contributed by atoms with Gasteiger partial charge in [-0.25, -0.2) is 4.79 Å². The number of ether oxygens (including phenoxy) is 2. The van der Waals surface area contributed by atoms with Gasteiger partial charge in [-0.05, 0) is 0 Å². The number of phenolic OH excluding ortho intramolecular Hbond substituents is 3. The van der Waals surface area contributed by atoms with Crippen LogP contribution in [-0.2, 0) is 9.47 Å². The van der Waals surface area contributed by atoms with E-state index in [-0.39, 0.29) is 5.76 Å². The maximum Gasteiger partial charge on any atom is 0.345 e. The number of aromatic hydroxyl groups is 3. The van der Waals surface area contributed by atoms with Crippen molar-refractivity contribution in [2.24, 2.45) is 0 Å². The minimum Gasteiger partial charge on any atom is -0.506 e. The highest BCUT2D eigenvalue weighted by Gasteiger charge is 2.37. The number of hydrogen-bond acceptors (Lipinski definition) is 8. The average Bonchev–Trinajstić information content (AvgIpc) is 2.46. The topological polar surface area (TPSA) is 130 Å². The van der Waals surface area contributed by atoms with Crippen molar-refractivity contribution in [2.75, 3.05) is 14.2 Å². The third-order valence-electron chi connectivity index (χ3n) is 2.99. The molecule has 1 aromatic carbocycles. The Labute approximate surface area is 117 Å². The molecule has 21 heavy (non-hydrogen) atoms. The van der Waals surface area contributed by atoms with Crippen LogP contribution in [0.25, 0.3) is 0 Å². The van der Waals surface area contributed by atoms with Crippen LogP contribution in [0.15, 0.2) is 11.8 Å². The van der Waals surface area contributed by atoms with Crippen LogP contribution < -0.4 is 0 Å². The summed E-state index contributed by atoms with van der Waals surface area (Å²) in [6, 6.07) is 0. The van der Waals surface area contributed by atoms with Gasteiger partial charge in [0.25, 0.3) is 0 Å². The molecule has 0 aromatic heterocycles. The van der Waals surface area contributed by atoms with Crippen LogP contribution in [0, 0.1) is 0 Å². The van der Waals surface area contributed by atoms with Crippen molar-refractivity contribution < 1.29 is 39.2 Å². The summed E-state index contributed by atoms with van der Waals surface area (Å²) in [6.45, 7) is 0. The Bertz CT molecular complexity index is 714. The summed E-state index contributed by atoms with van der Waals surface area (Å²) in [4.78, 5) is 35.5. The predicted molar refractivity (Wildman–Crippen MR) is 66.5 cm³/mol. The van der Waals surface area contributed by atoms with Crippen LogP contribution in [0.3, 0.4) is 0 Å². The second-order valence-electron chi connectivity index (χ2n) is 4.07. The first-order valence-corrected chi connectivity index (χ1v) is 5.59. The number of allylic oxidation sites excluding steroid dienone is 2. The highest BCUT2D eigenvalue weighted by Crippen LogP contribution is 2.45. The molecule has 3 N–H and O–H groups in total. The molecule has 0 unspecified atom stereocenters. The van der Waals surface area contributed by atoms with E-state index < -0.39 is 51.5 Å². The third kappa shape index (κ3) is 1.88.